The Morgan fingerprint density at radius 1 is 1.77 bits per heavy atom. The minimum absolute atomic E-state index is 0.328. The van der Waals surface area contributed by atoms with E-state index in [1.165, 1.54) is 7.11 Å². The Bertz CT molecular complexity index is 330. The van der Waals surface area contributed by atoms with Crippen molar-refractivity contribution in [1.29, 1.82) is 0 Å². The number of hydrogen-bond acceptors (Lipinski definition) is 4. The van der Waals surface area contributed by atoms with Crippen LogP contribution in [0.2, 0.25) is 0 Å². The highest BCUT2D eigenvalue weighted by molar-refractivity contribution is 8.30. The third-order valence-electron chi connectivity index (χ3n) is 1.55. The lowest BCUT2D eigenvalue weighted by molar-refractivity contribution is 0.200. The van der Waals surface area contributed by atoms with Crippen molar-refractivity contribution in [3.63, 3.8) is 0 Å². The second-order valence-electron chi connectivity index (χ2n) is 2.39. The number of hydrogen-bond donors (Lipinski definition) is 0. The second kappa shape index (κ2) is 4.13. The number of nitrogens with zero attached hydrogens (tertiary/aromatic N) is 1. The maximum absolute atomic E-state index is 11.1. The molecule has 0 radical (unpaired) electrons. The summed E-state index contributed by atoms with van der Waals surface area (Å²) in [6, 6.07) is 0. The van der Waals surface area contributed by atoms with Crippen molar-refractivity contribution in [3.8, 4) is 0 Å². The molecule has 0 aromatic rings. The van der Waals surface area contributed by atoms with E-state index in [-0.39, 0.29) is 5.30 Å². The molecule has 0 fully saturated rings. The molecule has 0 aromatic heterocycles. The SMILES string of the molecule is C=C1CC(N=O)=CC=S1C(=O)OC. The van der Waals surface area contributed by atoms with Crippen LogP contribution in [0.1, 0.15) is 6.42 Å². The molecule has 70 valence electrons. The van der Waals surface area contributed by atoms with Gasteiger partial charge < -0.3 is 4.74 Å². The molecule has 0 saturated carbocycles. The van der Waals surface area contributed by atoms with Gasteiger partial charge in [0.2, 0.25) is 0 Å². The van der Waals surface area contributed by atoms with E-state index >= 15 is 0 Å². The van der Waals surface area contributed by atoms with E-state index in [0.29, 0.717) is 17.0 Å². The first kappa shape index (κ1) is 9.85. The van der Waals surface area contributed by atoms with Gasteiger partial charge in [-0.05, 0) is 21.5 Å². The second-order valence-corrected chi connectivity index (χ2v) is 4.25. The van der Waals surface area contributed by atoms with E-state index in [0.717, 1.165) is 0 Å². The third-order valence-corrected chi connectivity index (χ3v) is 3.25. The fourth-order valence-corrected chi connectivity index (χ4v) is 2.22. The molecule has 1 heterocycles. The van der Waals surface area contributed by atoms with Gasteiger partial charge >= 0.3 is 5.30 Å². The van der Waals surface area contributed by atoms with Gasteiger partial charge in [0.1, 0.15) is 0 Å². The molecule has 13 heavy (non-hydrogen) atoms. The molecule has 4 nitrogen and oxygen atoms in total. The van der Waals surface area contributed by atoms with E-state index < -0.39 is 10.5 Å². The minimum atomic E-state index is -0.712. The lowest BCUT2D eigenvalue weighted by Gasteiger charge is -2.12. The van der Waals surface area contributed by atoms with Crippen LogP contribution in [0.3, 0.4) is 0 Å². The smallest absolute Gasteiger partial charge is 0.365 e. The largest absolute Gasteiger partial charge is 0.461 e. The van der Waals surface area contributed by atoms with E-state index in [4.69, 9.17) is 0 Å². The fraction of sp³-hybridized carbons (Fsp3) is 0.250. The van der Waals surface area contributed by atoms with Crippen molar-refractivity contribution < 1.29 is 9.53 Å². The van der Waals surface area contributed by atoms with Gasteiger partial charge in [0.05, 0.1) is 12.8 Å². The van der Waals surface area contributed by atoms with Crippen molar-refractivity contribution in [2.24, 2.45) is 5.18 Å². The van der Waals surface area contributed by atoms with E-state index in [1.54, 1.807) is 11.4 Å². The summed E-state index contributed by atoms with van der Waals surface area (Å²) in [6.07, 6.45) is 1.90. The Morgan fingerprint density at radius 3 is 2.92 bits per heavy atom. The summed E-state index contributed by atoms with van der Waals surface area (Å²) in [5.41, 5.74) is 0.401. The Labute approximate surface area is 78.2 Å². The number of carbonyl (C=O) groups is 1. The first-order chi connectivity index (χ1) is 6.19. The lowest BCUT2D eigenvalue weighted by atomic mass is 10.3. The average molecular weight is 199 g/mol. The molecule has 0 spiro atoms. The van der Waals surface area contributed by atoms with Gasteiger partial charge in [-0.1, -0.05) is 17.1 Å². The maximum atomic E-state index is 11.1. The van der Waals surface area contributed by atoms with Crippen LogP contribution in [0.5, 0.6) is 0 Å². The van der Waals surface area contributed by atoms with Gasteiger partial charge in [-0.3, -0.25) is 0 Å². The maximum Gasteiger partial charge on any atom is 0.365 e. The molecule has 0 aliphatic carbocycles. The van der Waals surface area contributed by atoms with Gasteiger partial charge in [0, 0.05) is 6.42 Å². The Kier molecular flexibility index (Phi) is 3.13. The van der Waals surface area contributed by atoms with Crippen molar-refractivity contribution in [2.45, 2.75) is 6.42 Å². The van der Waals surface area contributed by atoms with Crippen molar-refractivity contribution in [2.75, 3.05) is 7.11 Å². The normalized spacial score (nSPS) is 21.5. The van der Waals surface area contributed by atoms with E-state index in [9.17, 15) is 9.70 Å². The van der Waals surface area contributed by atoms with Crippen molar-refractivity contribution >= 4 is 21.2 Å². The number of carbonyl (C=O) groups excluding carboxylic acids is 1. The zero-order chi connectivity index (χ0) is 9.84. The number of rotatable bonds is 1. The van der Waals surface area contributed by atoms with Crippen molar-refractivity contribution in [3.05, 3.63) is 28.2 Å². The molecule has 1 unspecified atom stereocenters. The van der Waals surface area contributed by atoms with Gasteiger partial charge in [0.15, 0.2) is 0 Å². The van der Waals surface area contributed by atoms with E-state index in [1.807, 2.05) is 0 Å². The Morgan fingerprint density at radius 2 is 2.46 bits per heavy atom. The molecule has 1 aliphatic heterocycles. The highest BCUT2D eigenvalue weighted by atomic mass is 32.2. The molecule has 0 N–H and O–H groups in total. The molecule has 5 heteroatoms. The molecule has 0 bridgehead atoms. The first-order valence-electron chi connectivity index (χ1n) is 3.55. The zero-order valence-electron chi connectivity index (χ0n) is 7.15. The number of allylic oxidation sites excluding steroid dienone is 2. The molecule has 1 atom stereocenters. The summed E-state index contributed by atoms with van der Waals surface area (Å²) in [6.45, 7) is 3.70. The minimum Gasteiger partial charge on any atom is -0.461 e. The van der Waals surface area contributed by atoms with Gasteiger partial charge in [0.25, 0.3) is 0 Å². The quantitative estimate of drug-likeness (QED) is 0.370. The summed E-state index contributed by atoms with van der Waals surface area (Å²) in [5, 5.41) is 4.07. The van der Waals surface area contributed by atoms with Gasteiger partial charge in [-0.15, -0.1) is 4.91 Å². The predicted molar refractivity (Wildman–Crippen MR) is 53.7 cm³/mol. The summed E-state index contributed by atoms with van der Waals surface area (Å²) in [4.78, 5) is 22.0. The summed E-state index contributed by atoms with van der Waals surface area (Å²) in [7, 11) is 0.615. The van der Waals surface area contributed by atoms with Crippen LogP contribution in [0.15, 0.2) is 28.4 Å². The summed E-state index contributed by atoms with van der Waals surface area (Å²) < 4.78 is 4.57. The molecule has 1 aliphatic rings. The topological polar surface area (TPSA) is 55.7 Å². The lowest BCUT2D eigenvalue weighted by Crippen LogP contribution is -2.01. The molecular formula is C8H9NO3S. The molecule has 0 aromatic carbocycles. The first-order valence-corrected chi connectivity index (χ1v) is 4.84. The van der Waals surface area contributed by atoms with Crippen LogP contribution in [-0.4, -0.2) is 17.8 Å². The predicted octanol–water partition coefficient (Wildman–Crippen LogP) is 2.39. The number of methoxy groups -OCH3 is 1. The highest BCUT2D eigenvalue weighted by Crippen LogP contribution is 2.33. The summed E-state index contributed by atoms with van der Waals surface area (Å²) >= 11 is 0. The average Bonchev–Trinajstić information content (AvgIpc) is 2.16. The van der Waals surface area contributed by atoms with Crippen LogP contribution in [0.25, 0.3) is 0 Å². The van der Waals surface area contributed by atoms with E-state index in [2.05, 4.69) is 16.5 Å². The van der Waals surface area contributed by atoms with Gasteiger partial charge in [-0.25, -0.2) is 4.79 Å². The molecule has 0 saturated heterocycles. The molecular weight excluding hydrogens is 190 g/mol. The Hall–Kier alpha value is -1.23. The van der Waals surface area contributed by atoms with Crippen molar-refractivity contribution in [1.82, 2.24) is 0 Å². The Balaban J connectivity index is 2.93. The van der Waals surface area contributed by atoms with Crippen LogP contribution in [0, 0.1) is 4.91 Å². The zero-order valence-corrected chi connectivity index (χ0v) is 7.97. The summed E-state index contributed by atoms with van der Waals surface area (Å²) in [5.74, 6) is 0. The van der Waals surface area contributed by atoms with Gasteiger partial charge in [-0.2, -0.15) is 0 Å². The third kappa shape index (κ3) is 2.12. The molecule has 1 rings (SSSR count). The van der Waals surface area contributed by atoms with Crippen LogP contribution in [-0.2, 0) is 4.74 Å². The monoisotopic (exact) mass is 199 g/mol. The fourth-order valence-electron chi connectivity index (χ4n) is 0.907. The van der Waals surface area contributed by atoms with Crippen LogP contribution in [0.4, 0.5) is 4.79 Å². The number of nitroso groups, excluding NO2 is 1. The standard InChI is InChI=1S/C8H9NO3S/c1-6-5-7(9-11)3-4-13(6)8(10)12-2/h3-4H,1,5H2,2H3. The van der Waals surface area contributed by atoms with Crippen LogP contribution >= 0.6 is 10.5 Å². The van der Waals surface area contributed by atoms with Crippen LogP contribution < -0.4 is 0 Å². The number of ether oxygens (including phenoxy) is 1. The highest BCUT2D eigenvalue weighted by Gasteiger charge is 2.16. The molecule has 0 amide bonds.